The minimum absolute atomic E-state index is 0.229. The van der Waals surface area contributed by atoms with Crippen molar-refractivity contribution < 1.29 is 13.2 Å². The van der Waals surface area contributed by atoms with E-state index in [1.165, 1.54) is 0 Å². The van der Waals surface area contributed by atoms with E-state index in [1.54, 1.807) is 7.11 Å². The molecule has 0 bridgehead atoms. The lowest BCUT2D eigenvalue weighted by Gasteiger charge is -2.32. The quantitative estimate of drug-likeness (QED) is 0.703. The van der Waals surface area contributed by atoms with Gasteiger partial charge in [0, 0.05) is 19.3 Å². The Balaban J connectivity index is 2.46. The maximum Gasteiger partial charge on any atom is 0.150 e. The molecule has 0 saturated carbocycles. The van der Waals surface area contributed by atoms with Gasteiger partial charge in [-0.3, -0.25) is 0 Å². The van der Waals surface area contributed by atoms with Crippen LogP contribution in [0.3, 0.4) is 0 Å². The van der Waals surface area contributed by atoms with Crippen LogP contribution in [0.4, 0.5) is 0 Å². The highest BCUT2D eigenvalue weighted by molar-refractivity contribution is 7.91. The van der Waals surface area contributed by atoms with Crippen molar-refractivity contribution in [2.75, 3.05) is 25.2 Å². The summed E-state index contributed by atoms with van der Waals surface area (Å²) in [6.45, 7) is 0.608. The van der Waals surface area contributed by atoms with Gasteiger partial charge < -0.3 is 10.5 Å². The predicted molar refractivity (Wildman–Crippen MR) is 51.3 cm³/mol. The maximum absolute atomic E-state index is 11.1. The summed E-state index contributed by atoms with van der Waals surface area (Å²) in [6.07, 6.45) is 1.89. The lowest BCUT2D eigenvalue weighted by atomic mass is 9.90. The van der Waals surface area contributed by atoms with Crippen molar-refractivity contribution in [3.8, 4) is 0 Å². The van der Waals surface area contributed by atoms with Crippen LogP contribution in [-0.4, -0.2) is 39.2 Å². The van der Waals surface area contributed by atoms with E-state index in [0.717, 1.165) is 6.42 Å². The SMILES string of the molecule is COCCC1(N)CCS(=O)(=O)CC1. The summed E-state index contributed by atoms with van der Waals surface area (Å²) in [5, 5.41) is 0. The minimum atomic E-state index is -2.80. The molecule has 0 aromatic carbocycles. The van der Waals surface area contributed by atoms with Crippen LogP contribution in [0.2, 0.25) is 0 Å². The third-order valence-electron chi connectivity index (χ3n) is 2.63. The third-order valence-corrected chi connectivity index (χ3v) is 4.28. The summed E-state index contributed by atoms with van der Waals surface area (Å²) >= 11 is 0. The van der Waals surface area contributed by atoms with E-state index in [2.05, 4.69) is 0 Å². The molecule has 1 aliphatic rings. The van der Waals surface area contributed by atoms with E-state index in [4.69, 9.17) is 10.5 Å². The number of rotatable bonds is 3. The summed E-state index contributed by atoms with van der Waals surface area (Å²) in [5.41, 5.74) is 5.70. The molecule has 0 aromatic heterocycles. The molecule has 0 amide bonds. The van der Waals surface area contributed by atoms with E-state index in [0.29, 0.717) is 19.4 Å². The van der Waals surface area contributed by atoms with Gasteiger partial charge in [-0.05, 0) is 19.3 Å². The lowest BCUT2D eigenvalue weighted by Crippen LogP contribution is -2.47. The Hall–Kier alpha value is -0.130. The zero-order valence-electron chi connectivity index (χ0n) is 7.95. The van der Waals surface area contributed by atoms with Gasteiger partial charge in [-0.15, -0.1) is 0 Å². The van der Waals surface area contributed by atoms with E-state index >= 15 is 0 Å². The molecule has 1 aliphatic heterocycles. The first-order chi connectivity index (χ1) is 5.97. The predicted octanol–water partition coefficient (Wildman–Crippen LogP) is -0.0710. The molecule has 2 N–H and O–H groups in total. The number of methoxy groups -OCH3 is 1. The number of nitrogens with two attached hydrogens (primary N) is 1. The van der Waals surface area contributed by atoms with Gasteiger partial charge in [0.25, 0.3) is 0 Å². The molecule has 0 spiro atoms. The van der Waals surface area contributed by atoms with Crippen molar-refractivity contribution in [3.63, 3.8) is 0 Å². The number of ether oxygens (including phenoxy) is 1. The Morgan fingerprint density at radius 3 is 2.38 bits per heavy atom. The first kappa shape index (κ1) is 10.9. The van der Waals surface area contributed by atoms with Crippen LogP contribution in [0.15, 0.2) is 0 Å². The molecule has 0 radical (unpaired) electrons. The zero-order chi connectivity index (χ0) is 9.95. The second-order valence-corrected chi connectivity index (χ2v) is 6.06. The Labute approximate surface area is 79.4 Å². The fraction of sp³-hybridized carbons (Fsp3) is 1.00. The molecule has 0 unspecified atom stereocenters. The number of hydrogen-bond acceptors (Lipinski definition) is 4. The fourth-order valence-electron chi connectivity index (χ4n) is 1.50. The number of hydrogen-bond donors (Lipinski definition) is 1. The molecule has 1 heterocycles. The Kier molecular flexibility index (Phi) is 3.32. The normalized spacial score (nSPS) is 25.7. The van der Waals surface area contributed by atoms with Crippen molar-refractivity contribution in [3.05, 3.63) is 0 Å². The van der Waals surface area contributed by atoms with E-state index in [1.807, 2.05) is 0 Å². The molecule has 0 aromatic rings. The molecular weight excluding hydrogens is 190 g/mol. The second-order valence-electron chi connectivity index (χ2n) is 3.76. The van der Waals surface area contributed by atoms with Crippen molar-refractivity contribution in [1.29, 1.82) is 0 Å². The molecule has 1 rings (SSSR count). The van der Waals surface area contributed by atoms with Gasteiger partial charge in [0.1, 0.15) is 9.84 Å². The summed E-state index contributed by atoms with van der Waals surface area (Å²) < 4.78 is 27.2. The Bertz CT molecular complexity index is 247. The molecular formula is C8H17NO3S. The molecule has 0 aliphatic carbocycles. The molecule has 4 nitrogen and oxygen atoms in total. The van der Waals surface area contributed by atoms with Gasteiger partial charge in [0.05, 0.1) is 11.5 Å². The average molecular weight is 207 g/mol. The Morgan fingerprint density at radius 1 is 1.38 bits per heavy atom. The van der Waals surface area contributed by atoms with Crippen LogP contribution >= 0.6 is 0 Å². The average Bonchev–Trinajstić information content (AvgIpc) is 2.08. The molecule has 5 heteroatoms. The van der Waals surface area contributed by atoms with Crippen molar-refractivity contribution in [2.45, 2.75) is 24.8 Å². The van der Waals surface area contributed by atoms with Crippen molar-refractivity contribution in [1.82, 2.24) is 0 Å². The third kappa shape index (κ3) is 3.25. The highest BCUT2D eigenvalue weighted by Gasteiger charge is 2.33. The van der Waals surface area contributed by atoms with Crippen molar-refractivity contribution in [2.24, 2.45) is 5.73 Å². The summed E-state index contributed by atoms with van der Waals surface area (Å²) in [7, 11) is -1.17. The van der Waals surface area contributed by atoms with Gasteiger partial charge in [-0.1, -0.05) is 0 Å². The highest BCUT2D eigenvalue weighted by Crippen LogP contribution is 2.24. The van der Waals surface area contributed by atoms with Gasteiger partial charge in [0.2, 0.25) is 0 Å². The van der Waals surface area contributed by atoms with Gasteiger partial charge in [0.15, 0.2) is 0 Å². The molecule has 13 heavy (non-hydrogen) atoms. The monoisotopic (exact) mass is 207 g/mol. The van der Waals surface area contributed by atoms with Crippen LogP contribution < -0.4 is 5.73 Å². The summed E-state index contributed by atoms with van der Waals surface area (Å²) in [6, 6.07) is 0. The molecule has 0 atom stereocenters. The van der Waals surface area contributed by atoms with Gasteiger partial charge >= 0.3 is 0 Å². The lowest BCUT2D eigenvalue weighted by molar-refractivity contribution is 0.163. The van der Waals surface area contributed by atoms with Gasteiger partial charge in [-0.2, -0.15) is 0 Å². The van der Waals surface area contributed by atoms with Crippen LogP contribution in [-0.2, 0) is 14.6 Å². The standard InChI is InChI=1S/C8H17NO3S/c1-12-5-2-8(9)3-6-13(10,11)7-4-8/h2-7,9H2,1H3. The van der Waals surface area contributed by atoms with Crippen LogP contribution in [0.25, 0.3) is 0 Å². The van der Waals surface area contributed by atoms with Crippen LogP contribution in [0, 0.1) is 0 Å². The highest BCUT2D eigenvalue weighted by atomic mass is 32.2. The summed E-state index contributed by atoms with van der Waals surface area (Å²) in [4.78, 5) is 0. The first-order valence-electron chi connectivity index (χ1n) is 4.46. The van der Waals surface area contributed by atoms with E-state index < -0.39 is 9.84 Å². The van der Waals surface area contributed by atoms with Gasteiger partial charge in [-0.25, -0.2) is 8.42 Å². The largest absolute Gasteiger partial charge is 0.385 e. The second kappa shape index (κ2) is 3.94. The molecule has 78 valence electrons. The van der Waals surface area contributed by atoms with E-state index in [-0.39, 0.29) is 17.0 Å². The minimum Gasteiger partial charge on any atom is -0.385 e. The Morgan fingerprint density at radius 2 is 1.92 bits per heavy atom. The zero-order valence-corrected chi connectivity index (χ0v) is 8.77. The van der Waals surface area contributed by atoms with Crippen molar-refractivity contribution >= 4 is 9.84 Å². The molecule has 1 saturated heterocycles. The fourth-order valence-corrected chi connectivity index (χ4v) is 3.14. The number of sulfone groups is 1. The van der Waals surface area contributed by atoms with E-state index in [9.17, 15) is 8.42 Å². The van der Waals surface area contributed by atoms with Crippen LogP contribution in [0.1, 0.15) is 19.3 Å². The summed E-state index contributed by atoms with van der Waals surface area (Å²) in [5.74, 6) is 0.459. The van der Waals surface area contributed by atoms with Crippen LogP contribution in [0.5, 0.6) is 0 Å². The maximum atomic E-state index is 11.1. The molecule has 1 fully saturated rings. The smallest absolute Gasteiger partial charge is 0.150 e. The first-order valence-corrected chi connectivity index (χ1v) is 6.28. The topological polar surface area (TPSA) is 69.4 Å².